The van der Waals surface area contributed by atoms with E-state index in [4.69, 9.17) is 0 Å². The monoisotopic (exact) mass is 157 g/mol. The van der Waals surface area contributed by atoms with Gasteiger partial charge >= 0.3 is 0 Å². The number of fused-ring (bicyclic) bond motifs is 1. The van der Waals surface area contributed by atoms with Gasteiger partial charge in [0.15, 0.2) is 5.43 Å². The zero-order valence-corrected chi connectivity index (χ0v) is 6.64. The molecule has 0 bridgehead atoms. The number of hydrogen-bond acceptors (Lipinski definition) is 1. The summed E-state index contributed by atoms with van der Waals surface area (Å²) in [6.45, 7) is 1.86. The van der Waals surface area contributed by atoms with E-state index in [0.717, 1.165) is 11.2 Å². The van der Waals surface area contributed by atoms with Crippen molar-refractivity contribution < 1.29 is 0 Å². The molecule has 2 rings (SSSR count). The molecule has 0 fully saturated rings. The Kier molecular flexibility index (Phi) is 1.38. The van der Waals surface area contributed by atoms with Crippen LogP contribution in [0, 0.1) is 19.1 Å². The molecule has 1 heterocycles. The van der Waals surface area contributed by atoms with Gasteiger partial charge in [0, 0.05) is 23.9 Å². The molecule has 0 atom stereocenters. The Morgan fingerprint density at radius 2 is 2.08 bits per heavy atom. The van der Waals surface area contributed by atoms with Crippen LogP contribution in [0.25, 0.3) is 10.9 Å². The van der Waals surface area contributed by atoms with Crippen molar-refractivity contribution in [1.29, 1.82) is 0 Å². The normalized spacial score (nSPS) is 9.75. The van der Waals surface area contributed by atoms with Crippen LogP contribution in [-0.2, 0) is 0 Å². The van der Waals surface area contributed by atoms with Crippen LogP contribution >= 0.6 is 0 Å². The third-order valence-electron chi connectivity index (χ3n) is 1.75. The second-order valence-corrected chi connectivity index (χ2v) is 2.72. The molecular weight excluding hydrogens is 150 g/mol. The number of aromatic amines is 1. The van der Waals surface area contributed by atoms with E-state index in [-0.39, 0.29) is 5.43 Å². The van der Waals surface area contributed by atoms with E-state index in [1.807, 2.05) is 6.92 Å². The average Bonchev–Trinajstić information content (AvgIpc) is 2.04. The van der Waals surface area contributed by atoms with Crippen molar-refractivity contribution in [3.8, 4) is 0 Å². The number of aryl methyl sites for hydroxylation is 1. The zero-order valence-electron chi connectivity index (χ0n) is 6.64. The summed E-state index contributed by atoms with van der Waals surface area (Å²) in [5.41, 5.74) is 1.72. The zero-order chi connectivity index (χ0) is 8.55. The number of nitrogens with one attached hydrogen (secondary N) is 1. The lowest BCUT2D eigenvalue weighted by atomic mass is 10.2. The van der Waals surface area contributed by atoms with Crippen LogP contribution in [0.3, 0.4) is 0 Å². The first kappa shape index (κ1) is 6.93. The molecule has 0 aliphatic carbocycles. The fourth-order valence-corrected chi connectivity index (χ4v) is 1.21. The molecule has 0 spiro atoms. The van der Waals surface area contributed by atoms with Gasteiger partial charge < -0.3 is 4.98 Å². The van der Waals surface area contributed by atoms with Gasteiger partial charge in [-0.1, -0.05) is 12.1 Å². The van der Waals surface area contributed by atoms with Crippen molar-refractivity contribution in [3.05, 3.63) is 46.2 Å². The number of hydrogen-bond donors (Lipinski definition) is 1. The molecule has 2 heteroatoms. The summed E-state index contributed by atoms with van der Waals surface area (Å²) in [4.78, 5) is 14.4. The number of rotatable bonds is 0. The van der Waals surface area contributed by atoms with Crippen LogP contribution < -0.4 is 5.43 Å². The Hall–Kier alpha value is -1.75. The highest BCUT2D eigenvalue weighted by Crippen LogP contribution is 2.03. The number of pyridine rings is 1. The van der Waals surface area contributed by atoms with E-state index in [1.54, 1.807) is 18.2 Å². The van der Waals surface area contributed by atoms with Crippen LogP contribution in [-0.4, -0.2) is 4.98 Å². The third kappa shape index (κ3) is 0.960. The lowest BCUT2D eigenvalue weighted by Gasteiger charge is -1.95. The molecule has 2 aromatic rings. The molecule has 0 saturated carbocycles. The van der Waals surface area contributed by atoms with Gasteiger partial charge in [0.1, 0.15) is 0 Å². The minimum Gasteiger partial charge on any atom is -0.358 e. The molecule has 0 radical (unpaired) electrons. The van der Waals surface area contributed by atoms with Crippen LogP contribution in [0.1, 0.15) is 5.69 Å². The standard InChI is InChI=1S/C10H7NO/c1-7-6-10(12)8-4-2-3-5-9(8)11-7/h4-6H,1H3,(H,11,12). The second-order valence-electron chi connectivity index (χ2n) is 2.72. The summed E-state index contributed by atoms with van der Waals surface area (Å²) >= 11 is 0. The van der Waals surface area contributed by atoms with Crippen LogP contribution in [0.4, 0.5) is 0 Å². The van der Waals surface area contributed by atoms with Gasteiger partial charge in [0.05, 0.1) is 10.9 Å². The highest BCUT2D eigenvalue weighted by Gasteiger charge is 1.96. The maximum Gasteiger partial charge on any atom is 0.190 e. The van der Waals surface area contributed by atoms with Crippen molar-refractivity contribution in [2.45, 2.75) is 6.92 Å². The summed E-state index contributed by atoms with van der Waals surface area (Å²) in [7, 11) is 0. The highest BCUT2D eigenvalue weighted by molar-refractivity contribution is 5.77. The molecule has 58 valence electrons. The first-order valence-corrected chi connectivity index (χ1v) is 3.69. The Morgan fingerprint density at radius 3 is 2.92 bits per heavy atom. The summed E-state index contributed by atoms with van der Waals surface area (Å²) in [5, 5.41) is 0.666. The Labute approximate surface area is 69.9 Å². The van der Waals surface area contributed by atoms with Gasteiger partial charge in [0.25, 0.3) is 0 Å². The molecule has 1 aromatic heterocycles. The van der Waals surface area contributed by atoms with Gasteiger partial charge in [-0.3, -0.25) is 4.79 Å². The fraction of sp³-hybridized carbons (Fsp3) is 0.100. The topological polar surface area (TPSA) is 32.9 Å². The minimum absolute atomic E-state index is 0.0338. The van der Waals surface area contributed by atoms with Crippen LogP contribution in [0.2, 0.25) is 0 Å². The third-order valence-corrected chi connectivity index (χ3v) is 1.75. The quantitative estimate of drug-likeness (QED) is 0.616. The van der Waals surface area contributed by atoms with E-state index in [2.05, 4.69) is 17.1 Å². The average molecular weight is 157 g/mol. The lowest BCUT2D eigenvalue weighted by molar-refractivity contribution is 1.24. The van der Waals surface area contributed by atoms with Gasteiger partial charge in [-0.2, -0.15) is 0 Å². The number of aromatic nitrogens is 1. The van der Waals surface area contributed by atoms with Crippen molar-refractivity contribution in [3.63, 3.8) is 0 Å². The Morgan fingerprint density at radius 1 is 1.33 bits per heavy atom. The van der Waals surface area contributed by atoms with E-state index < -0.39 is 0 Å². The summed E-state index contributed by atoms with van der Waals surface area (Å²) in [6, 6.07) is 10.5. The molecule has 0 saturated heterocycles. The molecule has 0 aliphatic heterocycles. The smallest absolute Gasteiger partial charge is 0.190 e. The Balaban J connectivity index is 2.99. The summed E-state index contributed by atoms with van der Waals surface area (Å²) in [6.07, 6.45) is 0. The van der Waals surface area contributed by atoms with Gasteiger partial charge in [-0.25, -0.2) is 0 Å². The molecule has 0 aliphatic rings. The minimum atomic E-state index is 0.0338. The van der Waals surface area contributed by atoms with Crippen molar-refractivity contribution in [1.82, 2.24) is 4.98 Å². The second kappa shape index (κ2) is 2.38. The lowest BCUT2D eigenvalue weighted by Crippen LogP contribution is -2.01. The largest absolute Gasteiger partial charge is 0.358 e. The molecule has 12 heavy (non-hydrogen) atoms. The molecule has 2 nitrogen and oxygen atoms in total. The Bertz CT molecular complexity index is 470. The fourth-order valence-electron chi connectivity index (χ4n) is 1.21. The summed E-state index contributed by atoms with van der Waals surface area (Å²) < 4.78 is 0. The van der Waals surface area contributed by atoms with Crippen LogP contribution in [0.15, 0.2) is 23.0 Å². The predicted molar refractivity (Wildman–Crippen MR) is 47.0 cm³/mol. The van der Waals surface area contributed by atoms with E-state index in [0.29, 0.717) is 5.39 Å². The SMILES string of the molecule is Cc1cc(=O)c2cc#ccc2[nH]1. The first-order chi connectivity index (χ1) is 5.77. The van der Waals surface area contributed by atoms with Crippen molar-refractivity contribution in [2.24, 2.45) is 0 Å². The maximum atomic E-state index is 11.3. The molecule has 0 unspecified atom stereocenters. The van der Waals surface area contributed by atoms with Crippen molar-refractivity contribution >= 4 is 10.9 Å². The molecule has 1 aromatic carbocycles. The van der Waals surface area contributed by atoms with Crippen LogP contribution in [0.5, 0.6) is 0 Å². The summed E-state index contributed by atoms with van der Waals surface area (Å²) in [5.74, 6) is 0. The van der Waals surface area contributed by atoms with Gasteiger partial charge in [-0.05, 0) is 6.92 Å². The van der Waals surface area contributed by atoms with E-state index in [9.17, 15) is 4.79 Å². The predicted octanol–water partition coefficient (Wildman–Crippen LogP) is 1.44. The first-order valence-electron chi connectivity index (χ1n) is 3.69. The highest BCUT2D eigenvalue weighted by atomic mass is 16.1. The van der Waals surface area contributed by atoms with E-state index in [1.165, 1.54) is 0 Å². The molecular formula is C10H7NO. The number of H-pyrrole nitrogens is 1. The maximum absolute atomic E-state index is 11.3. The van der Waals surface area contributed by atoms with E-state index >= 15 is 0 Å². The molecule has 1 N–H and O–H groups in total. The van der Waals surface area contributed by atoms with Gasteiger partial charge in [0.2, 0.25) is 0 Å². The van der Waals surface area contributed by atoms with Crippen molar-refractivity contribution in [2.75, 3.05) is 0 Å². The molecule has 0 amide bonds. The van der Waals surface area contributed by atoms with Gasteiger partial charge in [-0.15, -0.1) is 0 Å².